The fourth-order valence-corrected chi connectivity index (χ4v) is 3.83. The third-order valence-corrected chi connectivity index (χ3v) is 5.62. The number of alkyl halides is 3. The molecular formula is C22H21F3N2O5. The Morgan fingerprint density at radius 2 is 1.69 bits per heavy atom. The minimum Gasteiger partial charge on any atom is -0.485 e. The van der Waals surface area contributed by atoms with Gasteiger partial charge in [-0.3, -0.25) is 20.4 Å². The number of hydrogen-bond acceptors (Lipinski definition) is 5. The number of carbonyl (C=O) groups is 2. The minimum atomic E-state index is -4.54. The Hall–Kier alpha value is -3.27. The first kappa shape index (κ1) is 21.9. The lowest BCUT2D eigenvalue weighted by molar-refractivity contribution is -0.139. The summed E-state index contributed by atoms with van der Waals surface area (Å²) in [4.78, 5) is 25.6. The van der Waals surface area contributed by atoms with Crippen molar-refractivity contribution in [3.8, 4) is 11.5 Å². The zero-order valence-corrected chi connectivity index (χ0v) is 16.9. The molecule has 0 aromatic heterocycles. The van der Waals surface area contributed by atoms with Gasteiger partial charge in [0.1, 0.15) is 6.61 Å². The summed E-state index contributed by atoms with van der Waals surface area (Å²) in [7, 11) is 0. The van der Waals surface area contributed by atoms with E-state index in [0.29, 0.717) is 11.5 Å². The van der Waals surface area contributed by atoms with Crippen molar-refractivity contribution < 1.29 is 37.0 Å². The lowest BCUT2D eigenvalue weighted by Crippen LogP contribution is -2.56. The lowest BCUT2D eigenvalue weighted by atomic mass is 9.73. The number of hydrazine groups is 1. The van der Waals surface area contributed by atoms with Crippen LogP contribution in [0.25, 0.3) is 0 Å². The summed E-state index contributed by atoms with van der Waals surface area (Å²) in [6, 6.07) is 11.5. The van der Waals surface area contributed by atoms with E-state index in [4.69, 9.17) is 14.2 Å². The molecule has 2 aromatic rings. The summed E-state index contributed by atoms with van der Waals surface area (Å²) in [5, 5.41) is 0. The van der Waals surface area contributed by atoms with E-state index in [1.165, 1.54) is 12.1 Å². The molecule has 32 heavy (non-hydrogen) atoms. The molecule has 0 aliphatic carbocycles. The highest BCUT2D eigenvalue weighted by atomic mass is 19.4. The smallest absolute Gasteiger partial charge is 0.416 e. The van der Waals surface area contributed by atoms with E-state index >= 15 is 0 Å². The second kappa shape index (κ2) is 8.70. The van der Waals surface area contributed by atoms with Crippen LogP contribution in [0.15, 0.2) is 48.5 Å². The molecule has 1 atom stereocenters. The molecule has 1 fully saturated rings. The monoisotopic (exact) mass is 450 g/mol. The molecule has 2 heterocycles. The van der Waals surface area contributed by atoms with Crippen LogP contribution in [-0.2, 0) is 25.9 Å². The predicted molar refractivity (Wildman–Crippen MR) is 106 cm³/mol. The van der Waals surface area contributed by atoms with E-state index in [9.17, 15) is 22.8 Å². The molecule has 7 nitrogen and oxygen atoms in total. The summed E-state index contributed by atoms with van der Waals surface area (Å²) in [5.41, 5.74) is 2.77. The molecular weight excluding hydrogens is 429 g/mol. The van der Waals surface area contributed by atoms with E-state index in [2.05, 4.69) is 10.9 Å². The predicted octanol–water partition coefficient (Wildman–Crippen LogP) is 2.74. The van der Waals surface area contributed by atoms with Crippen LogP contribution >= 0.6 is 0 Å². The van der Waals surface area contributed by atoms with Crippen molar-refractivity contribution in [3.05, 3.63) is 59.7 Å². The van der Waals surface area contributed by atoms with Gasteiger partial charge in [0.15, 0.2) is 11.5 Å². The Kier molecular flexibility index (Phi) is 5.96. The molecule has 2 aromatic carbocycles. The Balaban J connectivity index is 1.48. The van der Waals surface area contributed by atoms with Crippen LogP contribution < -0.4 is 20.3 Å². The molecule has 4 rings (SSSR count). The van der Waals surface area contributed by atoms with Crippen molar-refractivity contribution in [3.63, 3.8) is 0 Å². The molecule has 170 valence electrons. The summed E-state index contributed by atoms with van der Waals surface area (Å²) in [6.45, 7) is 0.354. The average molecular weight is 450 g/mol. The summed E-state index contributed by atoms with van der Waals surface area (Å²) < 4.78 is 56.1. The highest BCUT2D eigenvalue weighted by Gasteiger charge is 2.43. The number of para-hydroxylation sites is 2. The van der Waals surface area contributed by atoms with Crippen molar-refractivity contribution in [2.75, 3.05) is 19.8 Å². The van der Waals surface area contributed by atoms with E-state index in [1.807, 2.05) is 0 Å². The maximum absolute atomic E-state index is 13.2. The normalized spacial score (nSPS) is 19.7. The van der Waals surface area contributed by atoms with Gasteiger partial charge in [0.2, 0.25) is 12.0 Å². The van der Waals surface area contributed by atoms with Gasteiger partial charge in [0.25, 0.3) is 5.91 Å². The van der Waals surface area contributed by atoms with Crippen LogP contribution in [0.4, 0.5) is 13.2 Å². The second-order valence-corrected chi connectivity index (χ2v) is 7.58. The van der Waals surface area contributed by atoms with Crippen LogP contribution in [0.2, 0.25) is 0 Å². The number of rotatable bonds is 3. The van der Waals surface area contributed by atoms with Gasteiger partial charge in [-0.05, 0) is 36.6 Å². The van der Waals surface area contributed by atoms with Gasteiger partial charge in [-0.25, -0.2) is 0 Å². The van der Waals surface area contributed by atoms with Gasteiger partial charge < -0.3 is 14.2 Å². The van der Waals surface area contributed by atoms with Gasteiger partial charge in [-0.1, -0.05) is 30.3 Å². The minimum absolute atomic E-state index is 0.0503. The van der Waals surface area contributed by atoms with E-state index < -0.39 is 35.1 Å². The Bertz CT molecular complexity index is 1010. The third kappa shape index (κ3) is 4.36. The number of fused-ring (bicyclic) bond motifs is 1. The molecule has 0 spiro atoms. The number of ether oxygens (including phenoxy) is 3. The van der Waals surface area contributed by atoms with Gasteiger partial charge >= 0.3 is 6.18 Å². The number of hydrogen-bond donors (Lipinski definition) is 2. The Labute approximate surface area is 181 Å². The van der Waals surface area contributed by atoms with Crippen LogP contribution in [0.5, 0.6) is 11.5 Å². The first-order valence-electron chi connectivity index (χ1n) is 10.0. The van der Waals surface area contributed by atoms with Crippen molar-refractivity contribution in [1.82, 2.24) is 10.9 Å². The first-order valence-corrected chi connectivity index (χ1v) is 10.0. The lowest BCUT2D eigenvalue weighted by Gasteiger charge is -2.36. The number of nitrogens with one attached hydrogen (secondary N) is 2. The topological polar surface area (TPSA) is 85.9 Å². The van der Waals surface area contributed by atoms with Crippen LogP contribution in [0.3, 0.4) is 0 Å². The summed E-state index contributed by atoms with van der Waals surface area (Å²) in [6.07, 6.45) is -5.19. The first-order chi connectivity index (χ1) is 15.3. The largest absolute Gasteiger partial charge is 0.485 e. The molecule has 0 bridgehead atoms. The maximum Gasteiger partial charge on any atom is 0.416 e. The summed E-state index contributed by atoms with van der Waals surface area (Å²) >= 11 is 0. The standard InChI is InChI=1S/C22H21F3N2O5/c23-22(24,25)15-5-3-4-14(12-15)21(8-10-30-11-9-21)20(29)27-26-19(28)18-13-31-16-6-1-2-7-17(16)32-18/h1-7,12,18H,8-11,13H2,(H,26,28)(H,27,29)/t18-/m0/s1. The van der Waals surface area contributed by atoms with Crippen molar-refractivity contribution in [1.29, 1.82) is 0 Å². The molecule has 2 aliphatic rings. The van der Waals surface area contributed by atoms with Crippen LogP contribution in [-0.4, -0.2) is 37.7 Å². The zero-order chi connectivity index (χ0) is 22.8. The van der Waals surface area contributed by atoms with E-state index in [-0.39, 0.29) is 38.2 Å². The number of carbonyl (C=O) groups excluding carboxylic acids is 2. The van der Waals surface area contributed by atoms with Gasteiger partial charge in [-0.15, -0.1) is 0 Å². The van der Waals surface area contributed by atoms with Gasteiger partial charge in [0.05, 0.1) is 11.0 Å². The third-order valence-electron chi connectivity index (χ3n) is 5.62. The molecule has 2 N–H and O–H groups in total. The van der Waals surface area contributed by atoms with E-state index in [1.54, 1.807) is 24.3 Å². The second-order valence-electron chi connectivity index (χ2n) is 7.58. The Morgan fingerprint density at radius 1 is 0.969 bits per heavy atom. The maximum atomic E-state index is 13.2. The highest BCUT2D eigenvalue weighted by molar-refractivity contribution is 5.91. The molecule has 0 saturated carbocycles. The fraction of sp³-hybridized carbons (Fsp3) is 0.364. The molecule has 0 unspecified atom stereocenters. The molecule has 10 heteroatoms. The molecule has 2 amide bonds. The van der Waals surface area contributed by atoms with Crippen molar-refractivity contribution in [2.24, 2.45) is 0 Å². The molecule has 1 saturated heterocycles. The van der Waals surface area contributed by atoms with Crippen molar-refractivity contribution >= 4 is 11.8 Å². The quantitative estimate of drug-likeness (QED) is 0.703. The van der Waals surface area contributed by atoms with Crippen molar-refractivity contribution in [2.45, 2.75) is 30.5 Å². The van der Waals surface area contributed by atoms with Gasteiger partial charge in [0, 0.05) is 13.2 Å². The molecule has 2 aliphatic heterocycles. The van der Waals surface area contributed by atoms with Gasteiger partial charge in [-0.2, -0.15) is 13.2 Å². The highest BCUT2D eigenvalue weighted by Crippen LogP contribution is 2.38. The zero-order valence-electron chi connectivity index (χ0n) is 16.9. The van der Waals surface area contributed by atoms with E-state index in [0.717, 1.165) is 12.1 Å². The van der Waals surface area contributed by atoms with Crippen LogP contribution in [0, 0.1) is 0 Å². The molecule has 0 radical (unpaired) electrons. The number of benzene rings is 2. The fourth-order valence-electron chi connectivity index (χ4n) is 3.83. The Morgan fingerprint density at radius 3 is 2.41 bits per heavy atom. The SMILES string of the molecule is O=C(NNC(=O)C1(c2cccc(C(F)(F)F)c2)CCOCC1)[C@@H]1COc2ccccc2O1. The van der Waals surface area contributed by atoms with Crippen LogP contribution in [0.1, 0.15) is 24.0 Å². The number of amides is 2. The number of halogens is 3. The summed E-state index contributed by atoms with van der Waals surface area (Å²) in [5.74, 6) is -0.355. The average Bonchev–Trinajstić information content (AvgIpc) is 2.82.